The van der Waals surface area contributed by atoms with Crippen LogP contribution in [-0.2, 0) is 15.0 Å². The fourth-order valence-corrected chi connectivity index (χ4v) is 1.78. The predicted molar refractivity (Wildman–Crippen MR) is 58.6 cm³/mol. The number of carbonyl (C=O) groups is 1. The summed E-state index contributed by atoms with van der Waals surface area (Å²) in [7, 11) is -3.83. The summed E-state index contributed by atoms with van der Waals surface area (Å²) >= 11 is 0. The van der Waals surface area contributed by atoms with E-state index < -0.39 is 22.2 Å². The van der Waals surface area contributed by atoms with Gasteiger partial charge in [0.25, 0.3) is 10.2 Å². The summed E-state index contributed by atoms with van der Waals surface area (Å²) < 4.78 is 23.2. The molecule has 7 N–H and O–H groups in total. The molecule has 0 fully saturated rings. The van der Waals surface area contributed by atoms with Gasteiger partial charge in [0.2, 0.25) is 0 Å². The van der Waals surface area contributed by atoms with Gasteiger partial charge in [0, 0.05) is 13.1 Å². The maximum absolute atomic E-state index is 11.1. The van der Waals surface area contributed by atoms with Crippen molar-refractivity contribution in [2.24, 2.45) is 16.6 Å². The van der Waals surface area contributed by atoms with Crippen LogP contribution in [0.4, 0.5) is 0 Å². The summed E-state index contributed by atoms with van der Waals surface area (Å²) in [5, 5.41) is 13.5. The van der Waals surface area contributed by atoms with Gasteiger partial charge in [0.05, 0.1) is 0 Å². The Morgan fingerprint density at radius 1 is 1.38 bits per heavy atom. The summed E-state index contributed by atoms with van der Waals surface area (Å²) in [5.74, 6) is -1.17. The van der Waals surface area contributed by atoms with Crippen LogP contribution in [0.5, 0.6) is 0 Å². The first-order chi connectivity index (χ1) is 7.29. The molecule has 0 radical (unpaired) electrons. The molecule has 0 aromatic heterocycles. The van der Waals surface area contributed by atoms with E-state index in [4.69, 9.17) is 21.7 Å². The highest BCUT2D eigenvalue weighted by Crippen LogP contribution is 2.00. The smallest absolute Gasteiger partial charge is 0.320 e. The predicted octanol–water partition coefficient (Wildman–Crippen LogP) is -2.36. The number of hydrogen-bond donors (Lipinski definition) is 4. The average Bonchev–Trinajstić information content (AvgIpc) is 2.15. The van der Waals surface area contributed by atoms with Crippen molar-refractivity contribution in [3.05, 3.63) is 0 Å². The molecule has 96 valence electrons. The topological polar surface area (TPSA) is 153 Å². The first-order valence-electron chi connectivity index (χ1n) is 4.75. The molecule has 0 saturated carbocycles. The number of nitrogens with two attached hydrogens (primary N) is 3. The summed E-state index contributed by atoms with van der Waals surface area (Å²) in [4.78, 5) is 10.4. The van der Waals surface area contributed by atoms with Gasteiger partial charge in [-0.25, -0.2) is 5.14 Å². The zero-order chi connectivity index (χ0) is 12.8. The van der Waals surface area contributed by atoms with Gasteiger partial charge in [-0.05, 0) is 19.4 Å². The molecule has 0 aliphatic carbocycles. The van der Waals surface area contributed by atoms with Gasteiger partial charge in [-0.3, -0.25) is 4.79 Å². The van der Waals surface area contributed by atoms with Gasteiger partial charge in [-0.2, -0.15) is 12.7 Å². The van der Waals surface area contributed by atoms with Crippen LogP contribution in [0.15, 0.2) is 0 Å². The SMILES string of the molecule is NCCCN(CC[C@H](N)C(=O)O)S(N)(=O)=O. The van der Waals surface area contributed by atoms with Crippen molar-refractivity contribution >= 4 is 16.2 Å². The van der Waals surface area contributed by atoms with Crippen molar-refractivity contribution < 1.29 is 18.3 Å². The van der Waals surface area contributed by atoms with Crippen LogP contribution in [0.3, 0.4) is 0 Å². The van der Waals surface area contributed by atoms with Crippen molar-refractivity contribution in [1.82, 2.24) is 4.31 Å². The van der Waals surface area contributed by atoms with E-state index in [0.717, 1.165) is 4.31 Å². The Balaban J connectivity index is 4.28. The second kappa shape index (κ2) is 6.76. The van der Waals surface area contributed by atoms with E-state index in [1.54, 1.807) is 0 Å². The van der Waals surface area contributed by atoms with Crippen LogP contribution < -0.4 is 16.6 Å². The minimum atomic E-state index is -3.83. The third kappa shape index (κ3) is 5.98. The number of rotatable bonds is 8. The lowest BCUT2D eigenvalue weighted by molar-refractivity contribution is -0.138. The van der Waals surface area contributed by atoms with Crippen molar-refractivity contribution in [3.63, 3.8) is 0 Å². The standard InChI is InChI=1S/C7H18N4O4S/c8-3-1-4-11(16(10,14)15)5-2-6(9)7(12)13/h6H,1-5,8-9H2,(H,12,13)(H2,10,14,15)/t6-/m0/s1. The molecule has 0 unspecified atom stereocenters. The van der Waals surface area contributed by atoms with Gasteiger partial charge >= 0.3 is 5.97 Å². The molecular weight excluding hydrogens is 236 g/mol. The molecule has 0 aliphatic heterocycles. The molecule has 0 aromatic rings. The molecule has 0 rings (SSSR count). The number of aliphatic carboxylic acids is 1. The molecule has 1 atom stereocenters. The summed E-state index contributed by atoms with van der Waals surface area (Å²) in [6, 6.07) is -1.10. The fraction of sp³-hybridized carbons (Fsp3) is 0.857. The molecule has 0 spiro atoms. The van der Waals surface area contributed by atoms with Gasteiger partial charge in [-0.15, -0.1) is 0 Å². The zero-order valence-corrected chi connectivity index (χ0v) is 9.69. The quantitative estimate of drug-likeness (QED) is 0.380. The Morgan fingerprint density at radius 2 is 1.94 bits per heavy atom. The van der Waals surface area contributed by atoms with Crippen LogP contribution in [0.25, 0.3) is 0 Å². The van der Waals surface area contributed by atoms with Gasteiger partial charge in [-0.1, -0.05) is 0 Å². The van der Waals surface area contributed by atoms with Crippen LogP contribution in [-0.4, -0.2) is 49.5 Å². The maximum Gasteiger partial charge on any atom is 0.320 e. The maximum atomic E-state index is 11.1. The Hall–Kier alpha value is -0.740. The van der Waals surface area contributed by atoms with Crippen LogP contribution in [0.1, 0.15) is 12.8 Å². The molecular formula is C7H18N4O4S. The lowest BCUT2D eigenvalue weighted by atomic mass is 10.2. The number of carboxylic acids is 1. The monoisotopic (exact) mass is 254 g/mol. The van der Waals surface area contributed by atoms with Crippen LogP contribution >= 0.6 is 0 Å². The fourth-order valence-electron chi connectivity index (χ4n) is 1.04. The molecule has 16 heavy (non-hydrogen) atoms. The summed E-state index contributed by atoms with van der Waals surface area (Å²) in [5.41, 5.74) is 10.5. The third-order valence-corrected chi connectivity index (χ3v) is 3.06. The van der Waals surface area contributed by atoms with E-state index >= 15 is 0 Å². The molecule has 0 heterocycles. The van der Waals surface area contributed by atoms with Crippen molar-refractivity contribution in [1.29, 1.82) is 0 Å². The first kappa shape index (κ1) is 15.3. The van der Waals surface area contributed by atoms with Crippen molar-refractivity contribution in [2.45, 2.75) is 18.9 Å². The molecule has 0 bridgehead atoms. The number of nitrogens with zero attached hydrogens (tertiary/aromatic N) is 1. The second-order valence-electron chi connectivity index (χ2n) is 3.32. The van der Waals surface area contributed by atoms with E-state index in [-0.39, 0.29) is 19.5 Å². The largest absolute Gasteiger partial charge is 0.480 e. The van der Waals surface area contributed by atoms with Gasteiger partial charge < -0.3 is 16.6 Å². The second-order valence-corrected chi connectivity index (χ2v) is 4.87. The normalized spacial score (nSPS) is 14.0. The average molecular weight is 254 g/mol. The number of hydrogen-bond acceptors (Lipinski definition) is 5. The van der Waals surface area contributed by atoms with Crippen molar-refractivity contribution in [2.75, 3.05) is 19.6 Å². The molecule has 8 nitrogen and oxygen atoms in total. The molecule has 9 heteroatoms. The highest BCUT2D eigenvalue weighted by Gasteiger charge is 2.19. The Bertz CT molecular complexity index is 318. The Kier molecular flexibility index (Phi) is 6.45. The number of carboxylic acid groups (broad SMARTS) is 1. The van der Waals surface area contributed by atoms with Crippen molar-refractivity contribution in [3.8, 4) is 0 Å². The van der Waals surface area contributed by atoms with Gasteiger partial charge in [0.1, 0.15) is 6.04 Å². The molecule has 0 amide bonds. The summed E-state index contributed by atoms with van der Waals surface area (Å²) in [6.07, 6.45) is 0.467. The lowest BCUT2D eigenvalue weighted by Gasteiger charge is -2.19. The summed E-state index contributed by atoms with van der Waals surface area (Å²) in [6.45, 7) is 0.477. The van der Waals surface area contributed by atoms with Crippen LogP contribution in [0.2, 0.25) is 0 Å². The Labute approximate surface area is 94.6 Å². The lowest BCUT2D eigenvalue weighted by Crippen LogP contribution is -2.42. The molecule has 0 aromatic carbocycles. The van der Waals surface area contributed by atoms with Gasteiger partial charge in [0.15, 0.2) is 0 Å². The van der Waals surface area contributed by atoms with E-state index in [2.05, 4.69) is 0 Å². The van der Waals surface area contributed by atoms with E-state index in [1.807, 2.05) is 0 Å². The minimum Gasteiger partial charge on any atom is -0.480 e. The first-order valence-corrected chi connectivity index (χ1v) is 6.25. The molecule has 0 aliphatic rings. The minimum absolute atomic E-state index is 0.0103. The molecule has 0 saturated heterocycles. The van der Waals surface area contributed by atoms with E-state index in [0.29, 0.717) is 13.0 Å². The zero-order valence-electron chi connectivity index (χ0n) is 8.87. The van der Waals surface area contributed by atoms with E-state index in [1.165, 1.54) is 0 Å². The highest BCUT2D eigenvalue weighted by molar-refractivity contribution is 7.86. The van der Waals surface area contributed by atoms with Crippen LogP contribution in [0, 0.1) is 0 Å². The Morgan fingerprint density at radius 3 is 2.31 bits per heavy atom. The third-order valence-electron chi connectivity index (χ3n) is 1.98. The van der Waals surface area contributed by atoms with E-state index in [9.17, 15) is 13.2 Å². The highest BCUT2D eigenvalue weighted by atomic mass is 32.2.